The van der Waals surface area contributed by atoms with Crippen molar-refractivity contribution >= 4 is 10.8 Å². The Kier molecular flexibility index (Phi) is 8.49. The maximum absolute atomic E-state index is 13.5. The quantitative estimate of drug-likeness (QED) is 0.334. The molecule has 0 unspecified atom stereocenters. The van der Waals surface area contributed by atoms with E-state index in [1.54, 1.807) is 0 Å². The number of nitrogens with zero attached hydrogens (tertiary/aromatic N) is 2. The van der Waals surface area contributed by atoms with Crippen LogP contribution in [0.2, 0.25) is 0 Å². The summed E-state index contributed by atoms with van der Waals surface area (Å²) in [5.74, 6) is 0.0633. The van der Waals surface area contributed by atoms with Crippen molar-refractivity contribution in [1.29, 1.82) is 0 Å². The summed E-state index contributed by atoms with van der Waals surface area (Å²) in [5.41, 5.74) is 2.60. The van der Waals surface area contributed by atoms with Gasteiger partial charge < -0.3 is 0 Å². The SMILES string of the molecule is CCCCCn1c(Cc2ccc3ccccc3c2)c(C(C)C)c(=O)n(CCCCC)c1=O. The molecule has 0 aliphatic rings. The van der Waals surface area contributed by atoms with Crippen LogP contribution in [0.5, 0.6) is 0 Å². The number of unbranched alkanes of at least 4 members (excludes halogenated alkanes) is 4. The first kappa shape index (κ1) is 24.0. The molecular formula is C28H38N2O2. The van der Waals surface area contributed by atoms with Crippen molar-refractivity contribution in [3.63, 3.8) is 0 Å². The minimum Gasteiger partial charge on any atom is -0.297 e. The molecule has 172 valence electrons. The number of hydrogen-bond acceptors (Lipinski definition) is 2. The summed E-state index contributed by atoms with van der Waals surface area (Å²) >= 11 is 0. The van der Waals surface area contributed by atoms with Gasteiger partial charge in [0.15, 0.2) is 0 Å². The van der Waals surface area contributed by atoms with Gasteiger partial charge in [0, 0.05) is 30.8 Å². The van der Waals surface area contributed by atoms with Gasteiger partial charge in [0.2, 0.25) is 0 Å². The molecule has 0 saturated carbocycles. The first-order chi connectivity index (χ1) is 15.5. The molecule has 4 nitrogen and oxygen atoms in total. The average molecular weight is 435 g/mol. The molecule has 0 fully saturated rings. The number of benzene rings is 2. The molecule has 0 bridgehead atoms. The lowest BCUT2D eigenvalue weighted by molar-refractivity contribution is 0.482. The molecule has 3 aromatic rings. The van der Waals surface area contributed by atoms with E-state index in [2.05, 4.69) is 58.0 Å². The Hall–Kier alpha value is -2.62. The summed E-state index contributed by atoms with van der Waals surface area (Å²) in [7, 11) is 0. The van der Waals surface area contributed by atoms with Crippen LogP contribution in [-0.2, 0) is 19.5 Å². The van der Waals surface area contributed by atoms with Crippen molar-refractivity contribution in [2.45, 2.75) is 91.6 Å². The molecule has 0 amide bonds. The second-order valence-electron chi connectivity index (χ2n) is 9.18. The molecule has 4 heteroatoms. The minimum atomic E-state index is -0.137. The van der Waals surface area contributed by atoms with Crippen molar-refractivity contribution in [1.82, 2.24) is 9.13 Å². The summed E-state index contributed by atoms with van der Waals surface area (Å²) in [6, 6.07) is 14.8. The Morgan fingerprint density at radius 1 is 0.781 bits per heavy atom. The summed E-state index contributed by atoms with van der Waals surface area (Å²) in [6.07, 6.45) is 6.68. The van der Waals surface area contributed by atoms with Gasteiger partial charge in [-0.15, -0.1) is 0 Å². The van der Waals surface area contributed by atoms with Crippen molar-refractivity contribution in [3.05, 3.63) is 80.1 Å². The Bertz CT molecular complexity index is 1150. The van der Waals surface area contributed by atoms with Crippen LogP contribution >= 0.6 is 0 Å². The zero-order chi connectivity index (χ0) is 23.1. The van der Waals surface area contributed by atoms with E-state index in [9.17, 15) is 9.59 Å². The highest BCUT2D eigenvalue weighted by atomic mass is 16.2. The van der Waals surface area contributed by atoms with Crippen LogP contribution < -0.4 is 11.2 Å². The summed E-state index contributed by atoms with van der Waals surface area (Å²) in [6.45, 7) is 9.62. The largest absolute Gasteiger partial charge is 0.331 e. The van der Waals surface area contributed by atoms with Crippen LogP contribution in [0.15, 0.2) is 52.1 Å². The highest BCUT2D eigenvalue weighted by molar-refractivity contribution is 5.83. The Labute approximate surface area is 191 Å². The normalized spacial score (nSPS) is 11.5. The monoisotopic (exact) mass is 434 g/mol. The maximum Gasteiger partial charge on any atom is 0.331 e. The fourth-order valence-electron chi connectivity index (χ4n) is 4.54. The molecule has 3 rings (SSSR count). The second kappa shape index (κ2) is 11.3. The van der Waals surface area contributed by atoms with Crippen molar-refractivity contribution in [2.24, 2.45) is 0 Å². The summed E-state index contributed by atoms with van der Waals surface area (Å²) in [4.78, 5) is 27.0. The van der Waals surface area contributed by atoms with Crippen LogP contribution in [-0.4, -0.2) is 9.13 Å². The Morgan fingerprint density at radius 3 is 2.03 bits per heavy atom. The molecule has 0 saturated heterocycles. The van der Waals surface area contributed by atoms with Crippen molar-refractivity contribution < 1.29 is 0 Å². The van der Waals surface area contributed by atoms with Gasteiger partial charge in [-0.2, -0.15) is 0 Å². The predicted octanol–water partition coefficient (Wildman–Crippen LogP) is 6.26. The molecule has 0 spiro atoms. The fourth-order valence-corrected chi connectivity index (χ4v) is 4.54. The van der Waals surface area contributed by atoms with E-state index in [0.717, 1.165) is 55.3 Å². The second-order valence-corrected chi connectivity index (χ2v) is 9.18. The van der Waals surface area contributed by atoms with E-state index in [-0.39, 0.29) is 17.2 Å². The van der Waals surface area contributed by atoms with Crippen molar-refractivity contribution in [2.75, 3.05) is 0 Å². The number of aromatic nitrogens is 2. The van der Waals surface area contributed by atoms with E-state index in [4.69, 9.17) is 0 Å². The molecule has 1 heterocycles. The van der Waals surface area contributed by atoms with Crippen LogP contribution in [0.1, 0.15) is 89.0 Å². The lowest BCUT2D eigenvalue weighted by atomic mass is 9.96. The van der Waals surface area contributed by atoms with E-state index in [0.29, 0.717) is 19.5 Å². The van der Waals surface area contributed by atoms with Gasteiger partial charge in [-0.05, 0) is 35.1 Å². The standard InChI is InChI=1S/C28H38N2O2/c1-5-7-11-17-29-25(20-22-15-16-23-13-9-10-14-24(23)19-22)26(21(3)4)27(31)30(28(29)32)18-12-8-6-2/h9-10,13-16,19,21H,5-8,11-12,17-18,20H2,1-4H3. The van der Waals surface area contributed by atoms with E-state index < -0.39 is 0 Å². The van der Waals surface area contributed by atoms with Gasteiger partial charge in [0.25, 0.3) is 5.56 Å². The molecule has 0 atom stereocenters. The van der Waals surface area contributed by atoms with Gasteiger partial charge in [0.1, 0.15) is 0 Å². The highest BCUT2D eigenvalue weighted by Gasteiger charge is 2.21. The predicted molar refractivity (Wildman–Crippen MR) is 135 cm³/mol. The van der Waals surface area contributed by atoms with Gasteiger partial charge >= 0.3 is 5.69 Å². The third-order valence-corrected chi connectivity index (χ3v) is 6.31. The van der Waals surface area contributed by atoms with Gasteiger partial charge in [-0.25, -0.2) is 4.79 Å². The Balaban J connectivity index is 2.13. The molecule has 32 heavy (non-hydrogen) atoms. The molecule has 2 aromatic carbocycles. The Morgan fingerprint density at radius 2 is 1.41 bits per heavy atom. The molecule has 0 aliphatic carbocycles. The fraction of sp³-hybridized carbons (Fsp3) is 0.500. The van der Waals surface area contributed by atoms with Gasteiger partial charge in [-0.3, -0.25) is 13.9 Å². The molecular weight excluding hydrogens is 396 g/mol. The third kappa shape index (κ3) is 5.40. The summed E-state index contributed by atoms with van der Waals surface area (Å²) < 4.78 is 3.41. The zero-order valence-electron chi connectivity index (χ0n) is 20.2. The van der Waals surface area contributed by atoms with E-state index in [1.807, 2.05) is 16.7 Å². The molecule has 1 aromatic heterocycles. The van der Waals surface area contributed by atoms with Crippen LogP contribution in [0.25, 0.3) is 10.8 Å². The van der Waals surface area contributed by atoms with Gasteiger partial charge in [0.05, 0.1) is 0 Å². The van der Waals surface area contributed by atoms with Crippen LogP contribution in [0, 0.1) is 0 Å². The van der Waals surface area contributed by atoms with Crippen LogP contribution in [0.3, 0.4) is 0 Å². The van der Waals surface area contributed by atoms with Crippen molar-refractivity contribution in [3.8, 4) is 0 Å². The maximum atomic E-state index is 13.5. The average Bonchev–Trinajstić information content (AvgIpc) is 2.78. The smallest absolute Gasteiger partial charge is 0.297 e. The first-order valence-electron chi connectivity index (χ1n) is 12.3. The molecule has 0 aliphatic heterocycles. The third-order valence-electron chi connectivity index (χ3n) is 6.31. The topological polar surface area (TPSA) is 44.0 Å². The zero-order valence-corrected chi connectivity index (χ0v) is 20.2. The molecule has 0 N–H and O–H groups in total. The lowest BCUT2D eigenvalue weighted by Crippen LogP contribution is -2.44. The minimum absolute atomic E-state index is 0.0633. The lowest BCUT2D eigenvalue weighted by Gasteiger charge is -2.21. The molecule has 0 radical (unpaired) electrons. The highest BCUT2D eigenvalue weighted by Crippen LogP contribution is 2.22. The number of fused-ring (bicyclic) bond motifs is 1. The first-order valence-corrected chi connectivity index (χ1v) is 12.3. The number of hydrogen-bond donors (Lipinski definition) is 0. The summed E-state index contributed by atoms with van der Waals surface area (Å²) in [5, 5.41) is 2.39. The van der Waals surface area contributed by atoms with Gasteiger partial charge in [-0.1, -0.05) is 95.8 Å². The van der Waals surface area contributed by atoms with E-state index >= 15 is 0 Å². The van der Waals surface area contributed by atoms with Crippen LogP contribution in [0.4, 0.5) is 0 Å². The van der Waals surface area contributed by atoms with E-state index in [1.165, 1.54) is 15.3 Å². The number of rotatable bonds is 11.